The van der Waals surface area contributed by atoms with E-state index in [9.17, 15) is 4.79 Å². The maximum atomic E-state index is 11.9. The number of hydrogen-bond donors (Lipinski definition) is 2. The molecular formula is C12H18N2OS. The summed E-state index contributed by atoms with van der Waals surface area (Å²) >= 11 is 1.71. The number of thiophene rings is 1. The lowest BCUT2D eigenvalue weighted by Crippen LogP contribution is -2.41. The van der Waals surface area contributed by atoms with Gasteiger partial charge in [0, 0.05) is 4.88 Å². The Labute approximate surface area is 100 Å². The number of carbonyl (C=O) groups is 1. The predicted molar refractivity (Wildman–Crippen MR) is 66.5 cm³/mol. The molecule has 2 heterocycles. The van der Waals surface area contributed by atoms with Gasteiger partial charge in [0.05, 0.1) is 12.1 Å². The molecule has 1 aromatic heterocycles. The average Bonchev–Trinajstić information content (AvgIpc) is 2.96. The van der Waals surface area contributed by atoms with Gasteiger partial charge in [0.15, 0.2) is 0 Å². The summed E-state index contributed by atoms with van der Waals surface area (Å²) in [6.45, 7) is 3.07. The number of nitrogens with one attached hydrogen (secondary N) is 2. The molecule has 0 aromatic carbocycles. The zero-order valence-corrected chi connectivity index (χ0v) is 10.3. The zero-order valence-electron chi connectivity index (χ0n) is 9.53. The van der Waals surface area contributed by atoms with Gasteiger partial charge >= 0.3 is 0 Å². The number of hydrogen-bond acceptors (Lipinski definition) is 3. The summed E-state index contributed by atoms with van der Waals surface area (Å²) in [4.78, 5) is 13.2. The van der Waals surface area contributed by atoms with Gasteiger partial charge in [-0.05, 0) is 37.3 Å². The van der Waals surface area contributed by atoms with Crippen LogP contribution < -0.4 is 10.6 Å². The first-order chi connectivity index (χ1) is 7.81. The van der Waals surface area contributed by atoms with Crippen LogP contribution >= 0.6 is 11.3 Å². The van der Waals surface area contributed by atoms with E-state index in [4.69, 9.17) is 0 Å². The fourth-order valence-electron chi connectivity index (χ4n) is 2.04. The second kappa shape index (κ2) is 5.46. The smallest absolute Gasteiger partial charge is 0.237 e. The lowest BCUT2D eigenvalue weighted by molar-refractivity contribution is -0.123. The van der Waals surface area contributed by atoms with Crippen LogP contribution in [0.2, 0.25) is 0 Å². The molecule has 0 radical (unpaired) electrons. The summed E-state index contributed by atoms with van der Waals surface area (Å²) < 4.78 is 0. The quantitative estimate of drug-likeness (QED) is 0.843. The molecule has 3 nitrogen and oxygen atoms in total. The highest BCUT2D eigenvalue weighted by atomic mass is 32.1. The highest BCUT2D eigenvalue weighted by Gasteiger charge is 2.24. The van der Waals surface area contributed by atoms with Crippen molar-refractivity contribution < 1.29 is 4.79 Å². The second-order valence-electron chi connectivity index (χ2n) is 4.13. The maximum Gasteiger partial charge on any atom is 0.237 e. The van der Waals surface area contributed by atoms with Crippen molar-refractivity contribution in [1.82, 2.24) is 10.6 Å². The molecule has 2 rings (SSSR count). The van der Waals surface area contributed by atoms with E-state index in [2.05, 4.69) is 29.0 Å². The molecule has 0 saturated carbocycles. The van der Waals surface area contributed by atoms with Crippen LogP contribution in [0.3, 0.4) is 0 Å². The molecule has 0 spiro atoms. The standard InChI is InChI=1S/C12H18N2OS/c1-2-9(11-6-4-8-16-11)14-12(15)10-5-3-7-13-10/h4,6,8-10,13H,2-3,5,7H2,1H3,(H,14,15)/t9?,10-/m0/s1. The molecule has 1 amide bonds. The van der Waals surface area contributed by atoms with Crippen molar-refractivity contribution in [3.63, 3.8) is 0 Å². The van der Waals surface area contributed by atoms with Crippen molar-refractivity contribution >= 4 is 17.2 Å². The Balaban J connectivity index is 1.93. The zero-order chi connectivity index (χ0) is 11.4. The van der Waals surface area contributed by atoms with E-state index in [0.29, 0.717) is 0 Å². The Morgan fingerprint density at radius 3 is 3.19 bits per heavy atom. The lowest BCUT2D eigenvalue weighted by atomic mass is 10.1. The van der Waals surface area contributed by atoms with Crippen LogP contribution in [0.4, 0.5) is 0 Å². The summed E-state index contributed by atoms with van der Waals surface area (Å²) in [5, 5.41) is 8.40. The fourth-order valence-corrected chi connectivity index (χ4v) is 2.91. The third kappa shape index (κ3) is 2.62. The predicted octanol–water partition coefficient (Wildman–Crippen LogP) is 2.07. The van der Waals surface area contributed by atoms with E-state index >= 15 is 0 Å². The Kier molecular flexibility index (Phi) is 3.96. The molecule has 2 N–H and O–H groups in total. The van der Waals surface area contributed by atoms with Gasteiger partial charge in [-0.15, -0.1) is 11.3 Å². The molecule has 88 valence electrons. The van der Waals surface area contributed by atoms with Gasteiger partial charge in [-0.2, -0.15) is 0 Å². The third-order valence-corrected chi connectivity index (χ3v) is 3.97. The van der Waals surface area contributed by atoms with Gasteiger partial charge in [-0.25, -0.2) is 0 Å². The first-order valence-electron chi connectivity index (χ1n) is 5.88. The van der Waals surface area contributed by atoms with Gasteiger partial charge in [0.1, 0.15) is 0 Å². The normalized spacial score (nSPS) is 21.9. The molecule has 1 aromatic rings. The molecule has 0 aliphatic carbocycles. The Morgan fingerprint density at radius 2 is 2.62 bits per heavy atom. The summed E-state index contributed by atoms with van der Waals surface area (Å²) in [5.74, 6) is 0.151. The summed E-state index contributed by atoms with van der Waals surface area (Å²) in [7, 11) is 0. The van der Waals surface area contributed by atoms with E-state index in [0.717, 1.165) is 25.8 Å². The Morgan fingerprint density at radius 1 is 1.75 bits per heavy atom. The summed E-state index contributed by atoms with van der Waals surface area (Å²) in [6.07, 6.45) is 3.01. The van der Waals surface area contributed by atoms with Crippen molar-refractivity contribution in [2.45, 2.75) is 38.3 Å². The molecule has 1 saturated heterocycles. The SMILES string of the molecule is CCC(NC(=O)[C@@H]1CCCN1)c1cccs1. The van der Waals surface area contributed by atoms with Gasteiger partial charge < -0.3 is 10.6 Å². The third-order valence-electron chi connectivity index (χ3n) is 2.99. The van der Waals surface area contributed by atoms with Crippen molar-refractivity contribution in [1.29, 1.82) is 0 Å². The first-order valence-corrected chi connectivity index (χ1v) is 6.76. The molecule has 0 bridgehead atoms. The van der Waals surface area contributed by atoms with Gasteiger partial charge in [-0.1, -0.05) is 13.0 Å². The van der Waals surface area contributed by atoms with Crippen LogP contribution in [-0.2, 0) is 4.79 Å². The van der Waals surface area contributed by atoms with Crippen LogP contribution in [0, 0.1) is 0 Å². The van der Waals surface area contributed by atoms with Gasteiger partial charge in [0.25, 0.3) is 0 Å². The fraction of sp³-hybridized carbons (Fsp3) is 0.583. The Hall–Kier alpha value is -0.870. The number of amides is 1. The van der Waals surface area contributed by atoms with Crippen molar-refractivity contribution in [3.05, 3.63) is 22.4 Å². The van der Waals surface area contributed by atoms with Crippen LogP contribution in [0.15, 0.2) is 17.5 Å². The Bertz CT molecular complexity index is 331. The number of carbonyl (C=O) groups excluding carboxylic acids is 1. The molecule has 2 atom stereocenters. The lowest BCUT2D eigenvalue weighted by Gasteiger charge is -2.18. The van der Waals surface area contributed by atoms with E-state index in [-0.39, 0.29) is 18.0 Å². The van der Waals surface area contributed by atoms with Gasteiger partial charge in [0.2, 0.25) is 5.91 Å². The molecule has 4 heteroatoms. The number of rotatable bonds is 4. The maximum absolute atomic E-state index is 11.9. The summed E-state index contributed by atoms with van der Waals surface area (Å²) in [5.41, 5.74) is 0. The average molecular weight is 238 g/mol. The topological polar surface area (TPSA) is 41.1 Å². The molecule has 1 fully saturated rings. The monoisotopic (exact) mass is 238 g/mol. The minimum absolute atomic E-state index is 0.0222. The van der Waals surface area contributed by atoms with Gasteiger partial charge in [-0.3, -0.25) is 4.79 Å². The molecule has 1 aliphatic heterocycles. The van der Waals surface area contributed by atoms with Crippen molar-refractivity contribution in [2.24, 2.45) is 0 Å². The van der Waals surface area contributed by atoms with E-state index in [1.807, 2.05) is 6.07 Å². The van der Waals surface area contributed by atoms with Crippen LogP contribution in [0.5, 0.6) is 0 Å². The minimum Gasteiger partial charge on any atom is -0.347 e. The second-order valence-corrected chi connectivity index (χ2v) is 5.11. The van der Waals surface area contributed by atoms with Crippen molar-refractivity contribution in [3.8, 4) is 0 Å². The molecule has 1 aliphatic rings. The van der Waals surface area contributed by atoms with E-state index in [1.165, 1.54) is 4.88 Å². The molecule has 16 heavy (non-hydrogen) atoms. The molecule has 1 unspecified atom stereocenters. The largest absolute Gasteiger partial charge is 0.347 e. The highest BCUT2D eigenvalue weighted by molar-refractivity contribution is 7.10. The van der Waals surface area contributed by atoms with Crippen LogP contribution in [0.25, 0.3) is 0 Å². The molecular weight excluding hydrogens is 220 g/mol. The minimum atomic E-state index is 0.0222. The summed E-state index contributed by atoms with van der Waals surface area (Å²) in [6, 6.07) is 4.31. The first kappa shape index (κ1) is 11.6. The highest BCUT2D eigenvalue weighted by Crippen LogP contribution is 2.22. The van der Waals surface area contributed by atoms with Crippen LogP contribution in [-0.4, -0.2) is 18.5 Å². The van der Waals surface area contributed by atoms with Crippen LogP contribution in [0.1, 0.15) is 37.1 Å². The van der Waals surface area contributed by atoms with E-state index in [1.54, 1.807) is 11.3 Å². The van der Waals surface area contributed by atoms with E-state index < -0.39 is 0 Å². The van der Waals surface area contributed by atoms with Crippen molar-refractivity contribution in [2.75, 3.05) is 6.54 Å².